The second-order valence-corrected chi connectivity index (χ2v) is 21.5. The predicted molar refractivity (Wildman–Crippen MR) is 162 cm³/mol. The second kappa shape index (κ2) is 14.7. The van der Waals surface area contributed by atoms with Crippen LogP contribution in [0.5, 0.6) is 11.5 Å². The molecule has 0 saturated carbocycles. The molecule has 0 fully saturated rings. The Morgan fingerprint density at radius 3 is 2.30 bits per heavy atom. The van der Waals surface area contributed by atoms with Gasteiger partial charge in [-0.15, -0.1) is 9.88 Å². The van der Waals surface area contributed by atoms with Crippen molar-refractivity contribution in [1.82, 2.24) is 4.78 Å². The first kappa shape index (κ1) is 32.6. The fraction of sp³-hybridized carbons (Fsp3) is 0.381. The minimum atomic E-state index is -4.13. The summed E-state index contributed by atoms with van der Waals surface area (Å²) in [6.07, 6.45) is 2.07. The maximum absolute atomic E-state index is 11.2. The highest BCUT2D eigenvalue weighted by Crippen LogP contribution is 2.70. The van der Waals surface area contributed by atoms with Gasteiger partial charge in [-0.1, -0.05) is 19.1 Å². The molecule has 37 heavy (non-hydrogen) atoms. The van der Waals surface area contributed by atoms with Crippen molar-refractivity contribution in [2.75, 3.05) is 7.05 Å². The predicted octanol–water partition coefficient (Wildman–Crippen LogP) is 5.51. The smallest absolute Gasteiger partial charge is 0.358 e. The lowest BCUT2D eigenvalue weighted by atomic mass is 10.2. The molecule has 0 heterocycles. The van der Waals surface area contributed by atoms with Crippen LogP contribution in [0.4, 0.5) is 0 Å². The quantitative estimate of drug-likeness (QED) is 0.103. The van der Waals surface area contributed by atoms with Crippen molar-refractivity contribution in [1.29, 1.82) is 0 Å². The number of rotatable bonds is 14. The highest BCUT2D eigenvalue weighted by atomic mass is 32.5. The van der Waals surface area contributed by atoms with Gasteiger partial charge in [0.05, 0.1) is 19.4 Å². The molecule has 0 saturated heterocycles. The van der Waals surface area contributed by atoms with Crippen molar-refractivity contribution in [2.24, 2.45) is 21.6 Å². The molecule has 0 bridgehead atoms. The largest absolute Gasteiger partial charge is 0.485 e. The van der Waals surface area contributed by atoms with E-state index in [1.54, 1.807) is 35.3 Å². The summed E-state index contributed by atoms with van der Waals surface area (Å²) in [6, 6.07) is 14.2. The maximum Gasteiger partial charge on any atom is 0.358 e. The van der Waals surface area contributed by atoms with Crippen LogP contribution in [-0.2, 0) is 22.5 Å². The van der Waals surface area contributed by atoms with E-state index in [0.29, 0.717) is 23.5 Å². The number of hydrazone groups is 1. The number of hydrogen-bond donors (Lipinski definition) is 5. The van der Waals surface area contributed by atoms with Gasteiger partial charge in [0.15, 0.2) is 11.8 Å². The highest BCUT2D eigenvalue weighted by Gasteiger charge is 2.45. The molecule has 2 aromatic carbocycles. The van der Waals surface area contributed by atoms with Gasteiger partial charge in [-0.05, 0) is 62.9 Å². The zero-order valence-electron chi connectivity index (χ0n) is 21.1. The third-order valence-corrected chi connectivity index (χ3v) is 17.8. The SMILES string of the molecule is CCC(C)(Oc1ccc(CP(=O)(O)O)cc1)[P+](=S)N(C)/N=C/c1ccc(OC(C)P(N)P(N)PN)cc1. The number of ether oxygens (including phenoxy) is 2. The third kappa shape index (κ3) is 10.4. The van der Waals surface area contributed by atoms with Gasteiger partial charge >= 0.3 is 14.4 Å². The molecule has 0 aromatic heterocycles. The van der Waals surface area contributed by atoms with Crippen molar-refractivity contribution >= 4 is 56.1 Å². The van der Waals surface area contributed by atoms with Gasteiger partial charge in [-0.25, -0.2) is 0 Å². The average molecular weight is 624 g/mol. The van der Waals surface area contributed by atoms with E-state index in [4.69, 9.17) is 47.6 Å². The number of benzene rings is 2. The van der Waals surface area contributed by atoms with E-state index in [1.807, 2.05) is 52.1 Å². The van der Waals surface area contributed by atoms with Crippen molar-refractivity contribution < 1.29 is 23.8 Å². The summed E-state index contributed by atoms with van der Waals surface area (Å²) >= 11 is 5.83. The van der Waals surface area contributed by atoms with Crippen LogP contribution in [0.3, 0.4) is 0 Å². The summed E-state index contributed by atoms with van der Waals surface area (Å²) in [5, 5.41) is 3.86. The summed E-state index contributed by atoms with van der Waals surface area (Å²) < 4.78 is 25.1. The monoisotopic (exact) mass is 624 g/mol. The number of nitrogens with two attached hydrogens (primary N) is 3. The Labute approximate surface area is 228 Å². The summed E-state index contributed by atoms with van der Waals surface area (Å²) in [4.78, 5) is 18.3. The average Bonchev–Trinajstić information content (AvgIpc) is 2.86. The molecule has 0 aliphatic rings. The van der Waals surface area contributed by atoms with Crippen molar-refractivity contribution in [3.05, 3.63) is 59.7 Å². The van der Waals surface area contributed by atoms with Gasteiger partial charge in [0.2, 0.25) is 0 Å². The van der Waals surface area contributed by atoms with Crippen LogP contribution < -0.4 is 26.0 Å². The molecule has 10 nitrogen and oxygen atoms in total. The van der Waals surface area contributed by atoms with Gasteiger partial charge < -0.3 is 35.8 Å². The van der Waals surface area contributed by atoms with E-state index in [0.717, 1.165) is 5.56 Å². The first-order chi connectivity index (χ1) is 17.3. The molecule has 2 aromatic rings. The summed E-state index contributed by atoms with van der Waals surface area (Å²) in [5.41, 5.74) is 19.3. The molecule has 6 atom stereocenters. The second-order valence-electron chi connectivity index (χ2n) is 8.24. The molecule has 16 heteroatoms. The Balaban J connectivity index is 2.02. The third-order valence-electron chi connectivity index (χ3n) is 5.29. The Kier molecular flexibility index (Phi) is 12.9. The fourth-order valence-electron chi connectivity index (χ4n) is 3.03. The molecule has 0 spiro atoms. The van der Waals surface area contributed by atoms with Crippen LogP contribution in [0.1, 0.15) is 38.3 Å². The zero-order chi connectivity index (χ0) is 27.8. The van der Waals surface area contributed by atoms with Crippen LogP contribution in [0.15, 0.2) is 53.6 Å². The van der Waals surface area contributed by atoms with Crippen molar-refractivity contribution in [2.45, 2.75) is 44.5 Å². The Morgan fingerprint density at radius 1 is 1.22 bits per heavy atom. The summed E-state index contributed by atoms with van der Waals surface area (Å²) in [6.45, 7) is 4.60. The molecule has 0 amide bonds. The summed E-state index contributed by atoms with van der Waals surface area (Å²) in [7, 11) is -4.02. The van der Waals surface area contributed by atoms with Crippen molar-refractivity contribution in [3.8, 4) is 11.5 Å². The van der Waals surface area contributed by atoms with Gasteiger partial charge in [-0.3, -0.25) is 4.57 Å². The molecule has 2 rings (SSSR count). The van der Waals surface area contributed by atoms with Gasteiger partial charge in [-0.2, -0.15) is 0 Å². The molecule has 8 N–H and O–H groups in total. The molecule has 0 aliphatic heterocycles. The Hall–Kier alpha value is -0.650. The topological polar surface area (TPSA) is 170 Å². The van der Waals surface area contributed by atoms with Crippen LogP contribution in [0.2, 0.25) is 0 Å². The number of hydrogen-bond acceptors (Lipinski definition) is 8. The normalized spacial score (nSPS) is 16.8. The van der Waals surface area contributed by atoms with E-state index in [9.17, 15) is 4.57 Å². The van der Waals surface area contributed by atoms with Gasteiger partial charge in [0, 0.05) is 28.6 Å². The minimum absolute atomic E-state index is 0.145. The minimum Gasteiger partial charge on any atom is -0.485 e. The van der Waals surface area contributed by atoms with E-state index in [1.165, 1.54) is 0 Å². The van der Waals surface area contributed by atoms with Gasteiger partial charge in [0.1, 0.15) is 17.3 Å². The Morgan fingerprint density at radius 2 is 1.78 bits per heavy atom. The van der Waals surface area contributed by atoms with E-state index < -0.39 is 35.0 Å². The zero-order valence-corrected chi connectivity index (χ0v) is 26.5. The van der Waals surface area contributed by atoms with Crippen LogP contribution >= 0.6 is 38.1 Å². The van der Waals surface area contributed by atoms with E-state index >= 15 is 0 Å². The lowest BCUT2D eigenvalue weighted by Gasteiger charge is -2.25. The van der Waals surface area contributed by atoms with E-state index in [-0.39, 0.29) is 20.4 Å². The van der Waals surface area contributed by atoms with Crippen LogP contribution in [0, 0.1) is 0 Å². The molecular weight excluding hydrogens is 589 g/mol. The highest BCUT2D eigenvalue weighted by molar-refractivity contribution is 8.54. The lowest BCUT2D eigenvalue weighted by molar-refractivity contribution is 0.171. The van der Waals surface area contributed by atoms with Crippen LogP contribution in [0.25, 0.3) is 0 Å². The Bertz CT molecular complexity index is 1110. The van der Waals surface area contributed by atoms with Gasteiger partial charge in [0.25, 0.3) is 5.34 Å². The maximum atomic E-state index is 11.2. The molecule has 0 radical (unpaired) electrons. The molecular formula is C21H35N5O5P5S+. The van der Waals surface area contributed by atoms with Crippen molar-refractivity contribution in [3.63, 3.8) is 0 Å². The summed E-state index contributed by atoms with van der Waals surface area (Å²) in [5.74, 6) is 1.09. The molecule has 6 unspecified atom stereocenters. The fourth-order valence-corrected chi connectivity index (χ4v) is 10.5. The standard InChI is InChI=1S/C21H34N5O5P5S/c1-5-21(3,31-20-12-8-18(9-13-20)15-36(27,28)29)34(37)26(4)25-14-17-6-10-19(11-7-17)30-16(2)33(23)35(24)32-22/h6-14,16,32H,5,15,22-24H2,1-4H3,(H-,27,28,29)/p+1/b25-14+. The molecule has 0 aliphatic carbocycles. The molecule has 204 valence electrons. The van der Waals surface area contributed by atoms with Crippen LogP contribution in [-0.4, -0.2) is 39.0 Å². The van der Waals surface area contributed by atoms with E-state index in [2.05, 4.69) is 5.10 Å². The number of nitrogens with zero attached hydrogens (tertiary/aromatic N) is 2. The first-order valence-electron chi connectivity index (χ1n) is 11.2. The first-order valence-corrected chi connectivity index (χ1v) is 20.8. The lowest BCUT2D eigenvalue weighted by Crippen LogP contribution is -2.30.